The highest BCUT2D eigenvalue weighted by molar-refractivity contribution is 7.13. The number of anilines is 2. The van der Waals surface area contributed by atoms with E-state index in [1.165, 1.54) is 23.5 Å². The van der Waals surface area contributed by atoms with E-state index in [1.807, 2.05) is 13.1 Å². The lowest BCUT2D eigenvalue weighted by Gasteiger charge is -2.15. The first kappa shape index (κ1) is 12.0. The minimum absolute atomic E-state index is 0.276. The van der Waals surface area contributed by atoms with Gasteiger partial charge in [0.2, 0.25) is 0 Å². The zero-order valence-electron chi connectivity index (χ0n) is 9.59. The predicted molar refractivity (Wildman–Crippen MR) is 67.2 cm³/mol. The molecule has 3 nitrogen and oxygen atoms in total. The summed E-state index contributed by atoms with van der Waals surface area (Å²) < 4.78 is 13.1. The van der Waals surface area contributed by atoms with Crippen LogP contribution in [0, 0.1) is 5.82 Å². The van der Waals surface area contributed by atoms with E-state index in [0.717, 1.165) is 10.8 Å². The first-order chi connectivity index (χ1) is 8.08. The van der Waals surface area contributed by atoms with Crippen molar-refractivity contribution in [2.24, 2.45) is 0 Å². The lowest BCUT2D eigenvalue weighted by atomic mass is 10.3. The third-order valence-electron chi connectivity index (χ3n) is 2.42. The van der Waals surface area contributed by atoms with Gasteiger partial charge >= 0.3 is 0 Å². The molecule has 0 aliphatic rings. The maximum Gasteiger partial charge on any atom is 0.189 e. The van der Waals surface area contributed by atoms with Crippen LogP contribution in [0.2, 0.25) is 0 Å². The van der Waals surface area contributed by atoms with Gasteiger partial charge in [0.25, 0.3) is 0 Å². The molecule has 1 atom stereocenters. The molecule has 0 radical (unpaired) electrons. The highest BCUT2D eigenvalue weighted by Crippen LogP contribution is 2.28. The van der Waals surface area contributed by atoms with Crippen LogP contribution in [0.25, 0.3) is 0 Å². The second-order valence-electron chi connectivity index (χ2n) is 3.77. The summed E-state index contributed by atoms with van der Waals surface area (Å²) in [7, 11) is 1.82. The van der Waals surface area contributed by atoms with E-state index >= 15 is 0 Å². The van der Waals surface area contributed by atoms with Gasteiger partial charge in [-0.15, -0.1) is 11.3 Å². The third kappa shape index (κ3) is 2.62. The van der Waals surface area contributed by atoms with Crippen molar-refractivity contribution in [3.05, 3.63) is 41.2 Å². The fraction of sp³-hybridized carbons (Fsp3) is 0.250. The molecule has 1 aromatic carbocycles. The van der Waals surface area contributed by atoms with Gasteiger partial charge in [-0.3, -0.25) is 0 Å². The topological polar surface area (TPSA) is 36.4 Å². The van der Waals surface area contributed by atoms with Crippen molar-refractivity contribution in [2.45, 2.75) is 13.0 Å². The Bertz CT molecular complexity index is 513. The summed E-state index contributed by atoms with van der Waals surface area (Å²) in [6, 6.07) is 6.32. The highest BCUT2D eigenvalue weighted by Gasteiger charge is 2.11. The Balaban J connectivity index is 2.27. The van der Waals surface area contributed by atoms with Crippen LogP contribution in [-0.2, 0) is 0 Å². The largest absolute Gasteiger partial charge is 0.387 e. The van der Waals surface area contributed by atoms with E-state index in [4.69, 9.17) is 0 Å². The average molecular weight is 252 g/mol. The fourth-order valence-electron chi connectivity index (χ4n) is 1.42. The van der Waals surface area contributed by atoms with Crippen LogP contribution >= 0.6 is 11.3 Å². The van der Waals surface area contributed by atoms with Gasteiger partial charge in [-0.1, -0.05) is 6.07 Å². The van der Waals surface area contributed by atoms with Gasteiger partial charge in [0.1, 0.15) is 5.82 Å². The van der Waals surface area contributed by atoms with E-state index in [-0.39, 0.29) is 5.82 Å². The Morgan fingerprint density at radius 2 is 2.24 bits per heavy atom. The van der Waals surface area contributed by atoms with Crippen LogP contribution in [0.15, 0.2) is 29.6 Å². The molecule has 0 spiro atoms. The maximum absolute atomic E-state index is 13.1. The smallest absolute Gasteiger partial charge is 0.189 e. The summed E-state index contributed by atoms with van der Waals surface area (Å²) in [5.41, 5.74) is 1.37. The molecule has 0 saturated heterocycles. The number of nitrogens with zero attached hydrogens (tertiary/aromatic N) is 2. The molecule has 1 heterocycles. The van der Waals surface area contributed by atoms with Crippen LogP contribution < -0.4 is 4.90 Å². The van der Waals surface area contributed by atoms with Crippen molar-refractivity contribution in [1.82, 2.24) is 4.98 Å². The molecular weight excluding hydrogens is 239 g/mol. The Labute approximate surface area is 103 Å². The highest BCUT2D eigenvalue weighted by atomic mass is 32.1. The molecule has 0 aliphatic heterocycles. The number of halogens is 1. The number of rotatable bonds is 3. The normalized spacial score (nSPS) is 12.5. The number of aliphatic hydroxyl groups excluding tert-OH is 1. The van der Waals surface area contributed by atoms with Crippen molar-refractivity contribution in [1.29, 1.82) is 0 Å². The fourth-order valence-corrected chi connectivity index (χ4v) is 2.31. The summed E-state index contributed by atoms with van der Waals surface area (Å²) in [4.78, 5) is 6.08. The molecule has 5 heteroatoms. The number of benzene rings is 1. The van der Waals surface area contributed by atoms with E-state index < -0.39 is 6.10 Å². The van der Waals surface area contributed by atoms with Crippen LogP contribution in [0.5, 0.6) is 0 Å². The van der Waals surface area contributed by atoms with Crippen LogP contribution in [0.4, 0.5) is 15.2 Å². The maximum atomic E-state index is 13.1. The van der Waals surface area contributed by atoms with E-state index in [2.05, 4.69) is 4.98 Å². The lowest BCUT2D eigenvalue weighted by molar-refractivity contribution is 0.195. The minimum Gasteiger partial charge on any atom is -0.387 e. The van der Waals surface area contributed by atoms with Crippen LogP contribution in [0.3, 0.4) is 0 Å². The van der Waals surface area contributed by atoms with Crippen LogP contribution in [0.1, 0.15) is 18.7 Å². The molecule has 0 fully saturated rings. The van der Waals surface area contributed by atoms with Crippen molar-refractivity contribution < 1.29 is 9.50 Å². The van der Waals surface area contributed by atoms with Gasteiger partial charge in [0, 0.05) is 18.1 Å². The second-order valence-corrected chi connectivity index (χ2v) is 4.61. The number of aromatic nitrogens is 1. The predicted octanol–water partition coefficient (Wildman–Crippen LogP) is 3.10. The van der Waals surface area contributed by atoms with E-state index in [9.17, 15) is 9.50 Å². The summed E-state index contributed by atoms with van der Waals surface area (Å²) in [6.45, 7) is 1.67. The van der Waals surface area contributed by atoms with Gasteiger partial charge in [0.05, 0.1) is 11.8 Å². The van der Waals surface area contributed by atoms with Gasteiger partial charge in [-0.25, -0.2) is 9.37 Å². The third-order valence-corrected chi connectivity index (χ3v) is 3.36. The van der Waals surface area contributed by atoms with E-state index in [1.54, 1.807) is 23.3 Å². The number of thiazole rings is 1. The van der Waals surface area contributed by atoms with Gasteiger partial charge < -0.3 is 10.0 Å². The summed E-state index contributed by atoms with van der Waals surface area (Å²) in [5, 5.41) is 11.9. The van der Waals surface area contributed by atoms with Crippen molar-refractivity contribution in [3.8, 4) is 0 Å². The summed E-state index contributed by atoms with van der Waals surface area (Å²) in [6.07, 6.45) is -0.582. The molecule has 2 rings (SSSR count). The number of hydrogen-bond donors (Lipinski definition) is 1. The first-order valence-electron chi connectivity index (χ1n) is 5.20. The van der Waals surface area contributed by atoms with Gasteiger partial charge in [-0.2, -0.15) is 0 Å². The SMILES string of the molecule is CC(O)c1csc(N(C)c2cccc(F)c2)n1. The van der Waals surface area contributed by atoms with Crippen molar-refractivity contribution in [3.63, 3.8) is 0 Å². The van der Waals surface area contributed by atoms with Gasteiger partial charge in [-0.05, 0) is 25.1 Å². The zero-order valence-corrected chi connectivity index (χ0v) is 10.4. The molecule has 1 aromatic heterocycles. The Morgan fingerprint density at radius 1 is 1.47 bits per heavy atom. The molecular formula is C12H13FN2OS. The molecule has 90 valence electrons. The first-order valence-corrected chi connectivity index (χ1v) is 6.08. The minimum atomic E-state index is -0.582. The molecule has 0 aliphatic carbocycles. The molecule has 1 unspecified atom stereocenters. The van der Waals surface area contributed by atoms with Crippen molar-refractivity contribution in [2.75, 3.05) is 11.9 Å². The Morgan fingerprint density at radius 3 is 2.82 bits per heavy atom. The average Bonchev–Trinajstić information content (AvgIpc) is 2.77. The van der Waals surface area contributed by atoms with Crippen molar-refractivity contribution >= 4 is 22.2 Å². The second kappa shape index (κ2) is 4.81. The zero-order chi connectivity index (χ0) is 12.4. The number of aliphatic hydroxyl groups is 1. The molecule has 17 heavy (non-hydrogen) atoms. The van der Waals surface area contributed by atoms with Gasteiger partial charge in [0.15, 0.2) is 5.13 Å². The molecule has 0 bridgehead atoms. The molecule has 2 aromatic rings. The summed E-state index contributed by atoms with van der Waals surface area (Å²) >= 11 is 1.42. The lowest BCUT2D eigenvalue weighted by Crippen LogP contribution is -2.09. The summed E-state index contributed by atoms with van der Waals surface area (Å²) in [5.74, 6) is -0.276. The number of hydrogen-bond acceptors (Lipinski definition) is 4. The monoisotopic (exact) mass is 252 g/mol. The van der Waals surface area contributed by atoms with Crippen LogP contribution in [-0.4, -0.2) is 17.1 Å². The van der Waals surface area contributed by atoms with E-state index in [0.29, 0.717) is 5.69 Å². The standard InChI is InChI=1S/C12H13FN2OS/c1-8(16)11-7-17-12(14-11)15(2)10-5-3-4-9(13)6-10/h3-8,16H,1-2H3. The molecule has 0 saturated carbocycles. The quantitative estimate of drug-likeness (QED) is 0.911. The Kier molecular flexibility index (Phi) is 3.40. The Hall–Kier alpha value is -1.46. The molecule has 1 N–H and O–H groups in total. The molecule has 0 amide bonds.